The predicted octanol–water partition coefficient (Wildman–Crippen LogP) is 6.01. The minimum atomic E-state index is -5.06. The molecule has 0 spiro atoms. The highest BCUT2D eigenvalue weighted by atomic mass is 31.2. The highest BCUT2D eigenvalue weighted by Gasteiger charge is 2.46. The smallest absolute Gasteiger partial charge is 0.463 e. The first-order chi connectivity index (χ1) is 33.8. The van der Waals surface area contributed by atoms with E-state index >= 15 is 0 Å². The molecule has 19 nitrogen and oxygen atoms in total. The van der Waals surface area contributed by atoms with Gasteiger partial charge in [-0.25, -0.2) is 4.57 Å². The van der Waals surface area contributed by atoms with Crippen molar-refractivity contribution in [3.63, 3.8) is 0 Å². The molecule has 9 N–H and O–H groups in total. The molecule has 0 aromatic carbocycles. The van der Waals surface area contributed by atoms with E-state index in [4.69, 9.17) is 37.5 Å². The number of hydrogen-bond acceptors (Lipinski definition) is 18. The highest BCUT2D eigenvalue weighted by molar-refractivity contribution is 7.47. The van der Waals surface area contributed by atoms with E-state index < -0.39 is 120 Å². The topological polar surface area (TPSA) is 290 Å². The van der Waals surface area contributed by atoms with Gasteiger partial charge in [-0.3, -0.25) is 13.8 Å². The Kier molecular flexibility index (Phi) is 37.6. The first-order valence-corrected chi connectivity index (χ1v) is 28.5. The molecule has 20 heteroatoms. The van der Waals surface area contributed by atoms with Crippen molar-refractivity contribution in [2.24, 2.45) is 0 Å². The molecule has 2 saturated heterocycles. The Morgan fingerprint density at radius 1 is 0.486 bits per heavy atom. The van der Waals surface area contributed by atoms with Crippen LogP contribution >= 0.6 is 7.82 Å². The zero-order chi connectivity index (χ0) is 51.4. The largest absolute Gasteiger partial charge is 0.472 e. The molecule has 0 radical (unpaired) electrons. The number of phosphoric acid groups is 1. The fourth-order valence-corrected chi connectivity index (χ4v) is 9.47. The van der Waals surface area contributed by atoms with Crippen LogP contribution in [-0.4, -0.2) is 172 Å². The summed E-state index contributed by atoms with van der Waals surface area (Å²) in [6.45, 7) is 1.02. The van der Waals surface area contributed by atoms with Gasteiger partial charge in [0.1, 0.15) is 67.6 Å². The Morgan fingerprint density at radius 2 is 0.857 bits per heavy atom. The summed E-state index contributed by atoms with van der Waals surface area (Å²) in [6.07, 6.45) is 12.9. The van der Waals surface area contributed by atoms with Gasteiger partial charge >= 0.3 is 13.8 Å². The van der Waals surface area contributed by atoms with Crippen molar-refractivity contribution in [3.05, 3.63) is 0 Å². The summed E-state index contributed by atoms with van der Waals surface area (Å²) in [7, 11) is -5.06. The lowest BCUT2D eigenvalue weighted by Gasteiger charge is -2.40. The summed E-state index contributed by atoms with van der Waals surface area (Å²) < 4.78 is 57.7. The van der Waals surface area contributed by atoms with Gasteiger partial charge in [0.15, 0.2) is 12.6 Å². The zero-order valence-electron chi connectivity index (χ0n) is 42.7. The molecule has 13 atom stereocenters. The molecular formula is C50H97O19P. The third kappa shape index (κ3) is 28.7. The molecule has 0 bridgehead atoms. The molecule has 6 unspecified atom stereocenters. The summed E-state index contributed by atoms with van der Waals surface area (Å²) >= 11 is 0. The molecule has 0 aromatic heterocycles. The lowest BCUT2D eigenvalue weighted by Crippen LogP contribution is -2.60. The van der Waals surface area contributed by atoms with E-state index in [1.54, 1.807) is 0 Å². The molecule has 0 saturated carbocycles. The van der Waals surface area contributed by atoms with Crippen LogP contribution in [0.15, 0.2) is 0 Å². The molecule has 0 aromatic rings. The van der Waals surface area contributed by atoms with Crippen molar-refractivity contribution in [2.75, 3.05) is 46.2 Å². The maximum atomic E-state index is 13.5. The predicted molar refractivity (Wildman–Crippen MR) is 261 cm³/mol. The van der Waals surface area contributed by atoms with Crippen LogP contribution in [0.2, 0.25) is 0 Å². The van der Waals surface area contributed by atoms with E-state index in [0.29, 0.717) is 12.8 Å². The van der Waals surface area contributed by atoms with E-state index in [0.717, 1.165) is 38.5 Å². The van der Waals surface area contributed by atoms with Crippen LogP contribution in [-0.2, 0) is 46.8 Å². The fourth-order valence-electron chi connectivity index (χ4n) is 8.56. The summed E-state index contributed by atoms with van der Waals surface area (Å²) in [5, 5.41) is 81.1. The molecule has 70 heavy (non-hydrogen) atoms. The number of unbranched alkanes of at least 4 members (excludes halogenated alkanes) is 25. The summed E-state index contributed by atoms with van der Waals surface area (Å²) in [4.78, 5) is 23.8. The lowest BCUT2D eigenvalue weighted by molar-refractivity contribution is -0.314. The molecule has 0 aliphatic carbocycles. The number of esters is 1. The summed E-state index contributed by atoms with van der Waals surface area (Å²) in [5.41, 5.74) is 0. The third-order valence-electron chi connectivity index (χ3n) is 13.1. The second-order valence-electron chi connectivity index (χ2n) is 19.3. The van der Waals surface area contributed by atoms with Crippen molar-refractivity contribution in [2.45, 2.75) is 267 Å². The third-order valence-corrected chi connectivity index (χ3v) is 14.1. The summed E-state index contributed by atoms with van der Waals surface area (Å²) in [6, 6.07) is 0. The Hall–Kier alpha value is -0.940. The number of phosphoric ester groups is 1. The maximum Gasteiger partial charge on any atom is 0.472 e. The van der Waals surface area contributed by atoms with Crippen LogP contribution in [0.1, 0.15) is 194 Å². The SMILES string of the molecule is CCCCCCCCCCCCCCCCO[C@H](COC(=O)CCCCCCCCCCCCCCC)COP(=O)(O)OC(CO[C@@H]1OC(CO)[C@H](O)[C@H](O)C1O)CO[C@H]1OC(CO)[C@@H](O)C(O)[C@H]1O. The number of hydrogen-bond donors (Lipinski definition) is 9. The van der Waals surface area contributed by atoms with E-state index in [1.807, 2.05) is 0 Å². The van der Waals surface area contributed by atoms with Gasteiger partial charge in [0.2, 0.25) is 0 Å². The average molecular weight is 1030 g/mol. The quantitative estimate of drug-likeness (QED) is 0.0192. The van der Waals surface area contributed by atoms with Crippen molar-refractivity contribution in [3.8, 4) is 0 Å². The molecular weight excluding hydrogens is 936 g/mol. The van der Waals surface area contributed by atoms with Gasteiger partial charge < -0.3 is 74.2 Å². The van der Waals surface area contributed by atoms with Crippen LogP contribution < -0.4 is 0 Å². The van der Waals surface area contributed by atoms with Gasteiger partial charge in [0.25, 0.3) is 0 Å². The van der Waals surface area contributed by atoms with Crippen LogP contribution in [0.4, 0.5) is 0 Å². The second-order valence-corrected chi connectivity index (χ2v) is 20.7. The minimum Gasteiger partial charge on any atom is -0.463 e. The second kappa shape index (κ2) is 40.4. The van der Waals surface area contributed by atoms with E-state index in [1.165, 1.54) is 122 Å². The fraction of sp³-hybridized carbons (Fsp3) is 0.980. The van der Waals surface area contributed by atoms with Crippen molar-refractivity contribution < 1.29 is 92.6 Å². The van der Waals surface area contributed by atoms with Crippen LogP contribution in [0.25, 0.3) is 0 Å². The number of ether oxygens (including phenoxy) is 6. The van der Waals surface area contributed by atoms with Crippen LogP contribution in [0.5, 0.6) is 0 Å². The molecule has 2 rings (SSSR count). The number of aliphatic hydroxyl groups is 8. The normalized spacial score (nSPS) is 26.8. The molecule has 2 aliphatic heterocycles. The molecule has 0 amide bonds. The van der Waals surface area contributed by atoms with Crippen molar-refractivity contribution in [1.29, 1.82) is 0 Å². The van der Waals surface area contributed by atoms with Crippen molar-refractivity contribution >= 4 is 13.8 Å². The molecule has 2 fully saturated rings. The molecule has 416 valence electrons. The number of carbonyl (C=O) groups is 1. The van der Waals surface area contributed by atoms with E-state index in [9.17, 15) is 55.1 Å². The van der Waals surface area contributed by atoms with Gasteiger partial charge in [-0.2, -0.15) is 0 Å². The van der Waals surface area contributed by atoms with Gasteiger partial charge in [-0.15, -0.1) is 0 Å². The average Bonchev–Trinajstić information content (AvgIpc) is 3.34. The van der Waals surface area contributed by atoms with Gasteiger partial charge in [-0.1, -0.05) is 174 Å². The minimum absolute atomic E-state index is 0.219. The van der Waals surface area contributed by atoms with Gasteiger partial charge in [-0.05, 0) is 12.8 Å². The molecule has 2 heterocycles. The summed E-state index contributed by atoms with van der Waals surface area (Å²) in [5.74, 6) is -0.424. The Morgan fingerprint density at radius 3 is 1.24 bits per heavy atom. The first-order valence-electron chi connectivity index (χ1n) is 27.1. The number of aliphatic hydroxyl groups excluding tert-OH is 8. The van der Waals surface area contributed by atoms with Crippen LogP contribution in [0, 0.1) is 0 Å². The number of carbonyl (C=O) groups excluding carboxylic acids is 1. The number of rotatable bonds is 45. The van der Waals surface area contributed by atoms with Gasteiger partial charge in [0.05, 0.1) is 33.0 Å². The van der Waals surface area contributed by atoms with Crippen LogP contribution in [0.3, 0.4) is 0 Å². The van der Waals surface area contributed by atoms with Gasteiger partial charge in [0, 0.05) is 13.0 Å². The van der Waals surface area contributed by atoms with E-state index in [2.05, 4.69) is 13.8 Å². The Balaban J connectivity index is 1.96. The van der Waals surface area contributed by atoms with Crippen molar-refractivity contribution in [1.82, 2.24) is 0 Å². The Labute approximate surface area is 418 Å². The zero-order valence-corrected chi connectivity index (χ0v) is 43.6. The standard InChI is InChI=1S/C50H97O19P/c1-3-5-7-9-11-13-15-17-19-21-23-25-27-29-31-62-38(34-63-42(53)30-28-26-24-22-20-18-16-14-12-10-8-6-4-2)37-66-70(60,61)69-39(35-64-49-47(58)45(56)43(54)40(32-51)67-49)36-65-50-48(59)46(57)44(55)41(33-52)68-50/h38-41,43-52,54-59H,3-37H2,1-2H3,(H,60,61)/t38-,39?,40?,41?,43-,44+,45?,46+,47-,48?,49+,50-/m1/s1. The monoisotopic (exact) mass is 1030 g/mol. The Bertz CT molecular complexity index is 1260. The van der Waals surface area contributed by atoms with E-state index in [-0.39, 0.29) is 19.6 Å². The molecule has 2 aliphatic rings. The first kappa shape index (κ1) is 65.2. The maximum absolute atomic E-state index is 13.5. The lowest BCUT2D eigenvalue weighted by atomic mass is 9.99. The highest BCUT2D eigenvalue weighted by Crippen LogP contribution is 2.45.